The van der Waals surface area contributed by atoms with Crippen LogP contribution in [0.4, 0.5) is 0 Å². The molecule has 0 heterocycles. The molecule has 3 rings (SSSR count). The van der Waals surface area contributed by atoms with E-state index in [9.17, 15) is 9.90 Å². The maximum atomic E-state index is 11.4. The molecule has 1 aliphatic rings. The largest absolute Gasteiger partial charge is 0.507 e. The number of carbonyl (C=O) groups is 1. The van der Waals surface area contributed by atoms with Crippen molar-refractivity contribution in [3.8, 4) is 5.75 Å². The summed E-state index contributed by atoms with van der Waals surface area (Å²) in [7, 11) is 0. The lowest BCUT2D eigenvalue weighted by Crippen LogP contribution is -2.13. The second-order valence-electron chi connectivity index (χ2n) is 4.29. The molecular formula is C14H12O2. The van der Waals surface area contributed by atoms with Gasteiger partial charge in [-0.1, -0.05) is 24.3 Å². The minimum atomic E-state index is 0.312. The first-order valence-electron chi connectivity index (χ1n) is 5.50. The zero-order valence-corrected chi connectivity index (χ0v) is 8.86. The van der Waals surface area contributed by atoms with E-state index in [0.717, 1.165) is 22.8 Å². The maximum Gasteiger partial charge on any atom is 0.137 e. The van der Waals surface area contributed by atoms with Gasteiger partial charge in [0.25, 0.3) is 0 Å². The molecule has 0 fully saturated rings. The Balaban J connectivity index is 2.32. The van der Waals surface area contributed by atoms with E-state index in [-0.39, 0.29) is 0 Å². The number of aromatic hydroxyl groups is 1. The number of hydrogen-bond donors (Lipinski definition) is 1. The lowest BCUT2D eigenvalue weighted by molar-refractivity contribution is -0.118. The van der Waals surface area contributed by atoms with Gasteiger partial charge in [0.15, 0.2) is 0 Å². The predicted octanol–water partition coefficient (Wildman–Crippen LogP) is 2.60. The maximum absolute atomic E-state index is 11.4. The highest BCUT2D eigenvalue weighted by Crippen LogP contribution is 2.32. The Hall–Kier alpha value is -1.83. The lowest BCUT2D eigenvalue weighted by Gasteiger charge is -2.17. The standard InChI is InChI=1S/C14H12O2/c15-10-5-7-11-9(8-10)4-6-13-12(11)2-1-3-14(13)16/h1-4,6,16H,5,7-8H2. The van der Waals surface area contributed by atoms with Crippen LogP contribution in [0.5, 0.6) is 5.75 Å². The molecule has 0 aliphatic heterocycles. The fraction of sp³-hybridized carbons (Fsp3) is 0.214. The Kier molecular flexibility index (Phi) is 1.96. The molecule has 0 spiro atoms. The third kappa shape index (κ3) is 1.30. The molecular weight excluding hydrogens is 200 g/mol. The van der Waals surface area contributed by atoms with Crippen molar-refractivity contribution in [1.29, 1.82) is 0 Å². The minimum absolute atomic E-state index is 0.312. The summed E-state index contributed by atoms with van der Waals surface area (Å²) in [5.74, 6) is 0.629. The molecule has 80 valence electrons. The van der Waals surface area contributed by atoms with Gasteiger partial charge in [-0.2, -0.15) is 0 Å². The number of phenols is 1. The molecule has 0 bridgehead atoms. The Labute approximate surface area is 93.5 Å². The van der Waals surface area contributed by atoms with E-state index in [2.05, 4.69) is 0 Å². The third-order valence-corrected chi connectivity index (χ3v) is 3.29. The topological polar surface area (TPSA) is 37.3 Å². The van der Waals surface area contributed by atoms with E-state index < -0.39 is 0 Å². The van der Waals surface area contributed by atoms with E-state index in [1.807, 2.05) is 24.3 Å². The summed E-state index contributed by atoms with van der Waals surface area (Å²) >= 11 is 0. The fourth-order valence-electron chi connectivity index (χ4n) is 2.47. The van der Waals surface area contributed by atoms with Crippen molar-refractivity contribution in [1.82, 2.24) is 0 Å². The Morgan fingerprint density at radius 2 is 1.88 bits per heavy atom. The van der Waals surface area contributed by atoms with Crippen LogP contribution in [0.3, 0.4) is 0 Å². The molecule has 1 aliphatic carbocycles. The van der Waals surface area contributed by atoms with Crippen LogP contribution in [0.25, 0.3) is 10.8 Å². The van der Waals surface area contributed by atoms with Gasteiger partial charge in [-0.3, -0.25) is 4.79 Å². The van der Waals surface area contributed by atoms with Gasteiger partial charge in [-0.25, -0.2) is 0 Å². The molecule has 16 heavy (non-hydrogen) atoms. The molecule has 0 aromatic heterocycles. The van der Waals surface area contributed by atoms with E-state index in [1.165, 1.54) is 5.56 Å². The van der Waals surface area contributed by atoms with Crippen LogP contribution < -0.4 is 0 Å². The van der Waals surface area contributed by atoms with Gasteiger partial charge in [-0.15, -0.1) is 0 Å². The van der Waals surface area contributed by atoms with E-state index in [1.54, 1.807) is 6.07 Å². The highest BCUT2D eigenvalue weighted by atomic mass is 16.3. The number of ketones is 1. The Morgan fingerprint density at radius 3 is 2.75 bits per heavy atom. The van der Waals surface area contributed by atoms with Crippen LogP contribution in [0.15, 0.2) is 30.3 Å². The summed E-state index contributed by atoms with van der Waals surface area (Å²) in [4.78, 5) is 11.4. The highest BCUT2D eigenvalue weighted by molar-refractivity contribution is 5.94. The van der Waals surface area contributed by atoms with Crippen molar-refractivity contribution in [2.75, 3.05) is 0 Å². The summed E-state index contributed by atoms with van der Waals surface area (Å²) in [6.07, 6.45) is 1.97. The van der Waals surface area contributed by atoms with Gasteiger partial charge >= 0.3 is 0 Å². The average Bonchev–Trinajstić information content (AvgIpc) is 2.28. The van der Waals surface area contributed by atoms with Crippen molar-refractivity contribution >= 4 is 16.6 Å². The van der Waals surface area contributed by atoms with Crippen LogP contribution in [-0.2, 0) is 17.6 Å². The van der Waals surface area contributed by atoms with Crippen LogP contribution in [0.2, 0.25) is 0 Å². The Morgan fingerprint density at radius 1 is 1.00 bits per heavy atom. The number of hydrogen-bond acceptors (Lipinski definition) is 2. The van der Waals surface area contributed by atoms with Crippen molar-refractivity contribution in [2.45, 2.75) is 19.3 Å². The first kappa shape index (κ1) is 9.40. The zero-order chi connectivity index (χ0) is 11.1. The van der Waals surface area contributed by atoms with Gasteiger partial charge in [-0.05, 0) is 29.0 Å². The molecule has 0 atom stereocenters. The summed E-state index contributed by atoms with van der Waals surface area (Å²) in [5, 5.41) is 11.7. The van der Waals surface area contributed by atoms with E-state index in [4.69, 9.17) is 0 Å². The summed E-state index contributed by atoms with van der Waals surface area (Å²) in [6, 6.07) is 9.44. The fourth-order valence-corrected chi connectivity index (χ4v) is 2.47. The summed E-state index contributed by atoms with van der Waals surface area (Å²) in [6.45, 7) is 0. The number of fused-ring (bicyclic) bond motifs is 3. The van der Waals surface area contributed by atoms with Gasteiger partial charge in [0.05, 0.1) is 0 Å². The molecule has 0 saturated carbocycles. The zero-order valence-electron chi connectivity index (χ0n) is 8.86. The highest BCUT2D eigenvalue weighted by Gasteiger charge is 2.17. The molecule has 2 heteroatoms. The number of carbonyl (C=O) groups excluding carboxylic acids is 1. The summed E-state index contributed by atoms with van der Waals surface area (Å²) in [5.41, 5.74) is 2.35. The van der Waals surface area contributed by atoms with Crippen molar-refractivity contribution < 1.29 is 9.90 Å². The van der Waals surface area contributed by atoms with E-state index >= 15 is 0 Å². The predicted molar refractivity (Wildman–Crippen MR) is 62.6 cm³/mol. The normalized spacial score (nSPS) is 15.1. The molecule has 0 amide bonds. The number of benzene rings is 2. The molecule has 2 aromatic rings. The van der Waals surface area contributed by atoms with Crippen LogP contribution >= 0.6 is 0 Å². The molecule has 0 unspecified atom stereocenters. The third-order valence-electron chi connectivity index (χ3n) is 3.29. The van der Waals surface area contributed by atoms with Crippen LogP contribution in [0, 0.1) is 0 Å². The number of rotatable bonds is 0. The van der Waals surface area contributed by atoms with Crippen LogP contribution in [-0.4, -0.2) is 10.9 Å². The first-order chi connectivity index (χ1) is 7.75. The Bertz CT molecular complexity index is 585. The minimum Gasteiger partial charge on any atom is -0.507 e. The van der Waals surface area contributed by atoms with Crippen molar-refractivity contribution in [2.24, 2.45) is 0 Å². The molecule has 0 radical (unpaired) electrons. The van der Waals surface area contributed by atoms with Gasteiger partial charge in [0, 0.05) is 18.2 Å². The summed E-state index contributed by atoms with van der Waals surface area (Å²) < 4.78 is 0. The average molecular weight is 212 g/mol. The number of Topliss-reactive ketones (excluding diaryl/α,β-unsaturated/α-hetero) is 1. The van der Waals surface area contributed by atoms with Crippen LogP contribution in [0.1, 0.15) is 17.5 Å². The molecule has 2 nitrogen and oxygen atoms in total. The molecule has 1 N–H and O–H groups in total. The smallest absolute Gasteiger partial charge is 0.137 e. The SMILES string of the molecule is O=C1CCc2c(ccc3c(O)cccc23)C1. The second-order valence-corrected chi connectivity index (χ2v) is 4.29. The quantitative estimate of drug-likeness (QED) is 0.728. The monoisotopic (exact) mass is 212 g/mol. The van der Waals surface area contributed by atoms with Gasteiger partial charge < -0.3 is 5.11 Å². The van der Waals surface area contributed by atoms with Crippen molar-refractivity contribution in [3.05, 3.63) is 41.5 Å². The second kappa shape index (κ2) is 3.34. The molecule has 0 saturated heterocycles. The number of aryl methyl sites for hydroxylation is 1. The molecule has 2 aromatic carbocycles. The van der Waals surface area contributed by atoms with E-state index in [0.29, 0.717) is 24.4 Å². The first-order valence-corrected chi connectivity index (χ1v) is 5.50. The number of phenolic OH excluding ortho intramolecular Hbond substituents is 1. The van der Waals surface area contributed by atoms with Gasteiger partial charge in [0.1, 0.15) is 11.5 Å². The lowest BCUT2D eigenvalue weighted by atomic mass is 9.87. The van der Waals surface area contributed by atoms with Gasteiger partial charge in [0.2, 0.25) is 0 Å². The van der Waals surface area contributed by atoms with Crippen molar-refractivity contribution in [3.63, 3.8) is 0 Å².